The van der Waals surface area contributed by atoms with Crippen molar-refractivity contribution in [1.29, 1.82) is 0 Å². The van der Waals surface area contributed by atoms with Crippen LogP contribution in [0.2, 0.25) is 0 Å². The lowest BCUT2D eigenvalue weighted by molar-refractivity contribution is 0.0292. The topological polar surface area (TPSA) is 21.3 Å². The summed E-state index contributed by atoms with van der Waals surface area (Å²) in [5.74, 6) is 0.646. The van der Waals surface area contributed by atoms with E-state index in [-0.39, 0.29) is 18.5 Å². The summed E-state index contributed by atoms with van der Waals surface area (Å²) in [6.45, 7) is 2.15. The highest BCUT2D eigenvalue weighted by Gasteiger charge is 2.27. The molecule has 0 amide bonds. The van der Waals surface area contributed by atoms with Crippen LogP contribution in [0.1, 0.15) is 11.7 Å². The van der Waals surface area contributed by atoms with Crippen molar-refractivity contribution in [3.8, 4) is 0 Å². The van der Waals surface area contributed by atoms with E-state index in [2.05, 4.69) is 29.6 Å². The average Bonchev–Trinajstić information content (AvgIpc) is 2.12. The molecule has 0 aromatic heterocycles. The highest BCUT2D eigenvalue weighted by molar-refractivity contribution is 5.85. The van der Waals surface area contributed by atoms with Crippen molar-refractivity contribution in [3.63, 3.8) is 0 Å². The van der Waals surface area contributed by atoms with Gasteiger partial charge in [-0.25, -0.2) is 0 Å². The van der Waals surface area contributed by atoms with Gasteiger partial charge in [-0.2, -0.15) is 0 Å². The van der Waals surface area contributed by atoms with Gasteiger partial charge in [-0.3, -0.25) is 0 Å². The number of ether oxygens (including phenoxy) is 1. The number of benzene rings is 1. The molecule has 0 spiro atoms. The van der Waals surface area contributed by atoms with Crippen molar-refractivity contribution in [2.45, 2.75) is 6.10 Å². The Morgan fingerprint density at radius 1 is 1.29 bits per heavy atom. The van der Waals surface area contributed by atoms with E-state index in [0.717, 1.165) is 13.1 Å². The van der Waals surface area contributed by atoms with Crippen molar-refractivity contribution >= 4 is 12.4 Å². The van der Waals surface area contributed by atoms with Gasteiger partial charge in [0, 0.05) is 26.1 Å². The molecule has 0 unspecified atom stereocenters. The predicted octanol–water partition coefficient (Wildman–Crippen LogP) is 2.02. The third kappa shape index (κ3) is 2.27. The van der Waals surface area contributed by atoms with Gasteiger partial charge < -0.3 is 10.1 Å². The Morgan fingerprint density at radius 2 is 1.93 bits per heavy atom. The van der Waals surface area contributed by atoms with Gasteiger partial charge in [0.2, 0.25) is 0 Å². The number of hydrogen-bond acceptors (Lipinski definition) is 2. The Hall–Kier alpha value is -0.570. The summed E-state index contributed by atoms with van der Waals surface area (Å²) in [6, 6.07) is 10.4. The molecular weight excluding hydrogens is 198 g/mol. The second-order valence-electron chi connectivity index (χ2n) is 3.49. The first-order valence-electron chi connectivity index (χ1n) is 4.70. The Labute approximate surface area is 91.1 Å². The maximum Gasteiger partial charge on any atom is 0.0873 e. The normalized spacial score (nSPS) is 18.1. The molecule has 1 atom stereocenters. The molecule has 2 nitrogen and oxygen atoms in total. The van der Waals surface area contributed by atoms with Crippen LogP contribution in [0.15, 0.2) is 30.3 Å². The largest absolute Gasteiger partial charge is 0.376 e. The van der Waals surface area contributed by atoms with Crippen molar-refractivity contribution < 1.29 is 4.74 Å². The first-order chi connectivity index (χ1) is 6.42. The number of methoxy groups -OCH3 is 1. The Kier molecular flexibility index (Phi) is 4.39. The van der Waals surface area contributed by atoms with Gasteiger partial charge >= 0.3 is 0 Å². The molecule has 2 rings (SSSR count). The van der Waals surface area contributed by atoms with Crippen LogP contribution in [-0.2, 0) is 4.74 Å². The molecule has 0 saturated carbocycles. The van der Waals surface area contributed by atoms with Gasteiger partial charge in [-0.05, 0) is 5.56 Å². The van der Waals surface area contributed by atoms with Gasteiger partial charge in [0.1, 0.15) is 0 Å². The van der Waals surface area contributed by atoms with Crippen LogP contribution in [0.5, 0.6) is 0 Å². The summed E-state index contributed by atoms with van der Waals surface area (Å²) in [4.78, 5) is 0. The van der Waals surface area contributed by atoms with E-state index in [1.54, 1.807) is 7.11 Å². The smallest absolute Gasteiger partial charge is 0.0873 e. The fourth-order valence-corrected chi connectivity index (χ4v) is 1.77. The zero-order chi connectivity index (χ0) is 9.10. The van der Waals surface area contributed by atoms with Crippen molar-refractivity contribution in [2.75, 3.05) is 20.2 Å². The van der Waals surface area contributed by atoms with Crippen LogP contribution in [0.3, 0.4) is 0 Å². The Morgan fingerprint density at radius 3 is 2.36 bits per heavy atom. The minimum atomic E-state index is 0. The van der Waals surface area contributed by atoms with Crippen molar-refractivity contribution in [1.82, 2.24) is 5.32 Å². The third-order valence-corrected chi connectivity index (χ3v) is 2.62. The maximum absolute atomic E-state index is 5.50. The van der Waals surface area contributed by atoms with Crippen LogP contribution < -0.4 is 5.32 Å². The lowest BCUT2D eigenvalue weighted by atomic mass is 9.91. The lowest BCUT2D eigenvalue weighted by Crippen LogP contribution is -2.45. The van der Waals surface area contributed by atoms with Crippen LogP contribution in [0, 0.1) is 5.92 Å². The van der Waals surface area contributed by atoms with E-state index in [0.29, 0.717) is 5.92 Å². The molecule has 1 fully saturated rings. The summed E-state index contributed by atoms with van der Waals surface area (Å²) in [6.07, 6.45) is 0.266. The standard InChI is InChI=1S/C11H15NO.ClH/c1-13-11(10-7-12-8-10)9-5-3-2-4-6-9;/h2-6,10-12H,7-8H2,1H3;1H/t11-;/m0./s1. The minimum absolute atomic E-state index is 0. The maximum atomic E-state index is 5.50. The zero-order valence-electron chi connectivity index (χ0n) is 8.27. The molecule has 1 aliphatic rings. The van der Waals surface area contributed by atoms with Crippen LogP contribution in [0.4, 0.5) is 0 Å². The van der Waals surface area contributed by atoms with Crippen molar-refractivity contribution in [3.05, 3.63) is 35.9 Å². The molecule has 78 valence electrons. The molecule has 0 aliphatic carbocycles. The highest BCUT2D eigenvalue weighted by atomic mass is 35.5. The summed E-state index contributed by atoms with van der Waals surface area (Å²) in [5, 5.41) is 3.27. The molecule has 0 bridgehead atoms. The summed E-state index contributed by atoms with van der Waals surface area (Å²) >= 11 is 0. The second-order valence-corrected chi connectivity index (χ2v) is 3.49. The monoisotopic (exact) mass is 213 g/mol. The lowest BCUT2D eigenvalue weighted by Gasteiger charge is -2.34. The first-order valence-corrected chi connectivity index (χ1v) is 4.70. The fraction of sp³-hybridized carbons (Fsp3) is 0.455. The second kappa shape index (κ2) is 5.35. The van der Waals surface area contributed by atoms with E-state index in [1.165, 1.54) is 5.56 Å². The Bertz CT molecular complexity index is 261. The molecule has 1 saturated heterocycles. The van der Waals surface area contributed by atoms with Crippen LogP contribution in [-0.4, -0.2) is 20.2 Å². The quantitative estimate of drug-likeness (QED) is 0.830. The molecule has 0 radical (unpaired) electrons. The van der Waals surface area contributed by atoms with Gasteiger partial charge in [0.05, 0.1) is 6.10 Å². The van der Waals surface area contributed by atoms with Gasteiger partial charge in [-0.15, -0.1) is 12.4 Å². The number of hydrogen-bond donors (Lipinski definition) is 1. The number of nitrogens with one attached hydrogen (secondary N) is 1. The minimum Gasteiger partial charge on any atom is -0.376 e. The zero-order valence-corrected chi connectivity index (χ0v) is 9.09. The van der Waals surface area contributed by atoms with E-state index < -0.39 is 0 Å². The fourth-order valence-electron chi connectivity index (χ4n) is 1.77. The summed E-state index contributed by atoms with van der Waals surface area (Å²) in [7, 11) is 1.79. The SMILES string of the molecule is CO[C@@H](c1ccccc1)C1CNC1.Cl. The van der Waals surface area contributed by atoms with Gasteiger partial charge in [0.15, 0.2) is 0 Å². The average molecular weight is 214 g/mol. The van der Waals surface area contributed by atoms with E-state index >= 15 is 0 Å². The molecule has 1 aromatic rings. The molecule has 1 aliphatic heterocycles. The van der Waals surface area contributed by atoms with Crippen LogP contribution >= 0.6 is 12.4 Å². The third-order valence-electron chi connectivity index (χ3n) is 2.62. The van der Waals surface area contributed by atoms with E-state index in [1.807, 2.05) is 6.07 Å². The van der Waals surface area contributed by atoms with Crippen LogP contribution in [0.25, 0.3) is 0 Å². The summed E-state index contributed by atoms with van der Waals surface area (Å²) in [5.41, 5.74) is 1.29. The van der Waals surface area contributed by atoms with E-state index in [4.69, 9.17) is 4.74 Å². The molecule has 14 heavy (non-hydrogen) atoms. The number of rotatable bonds is 3. The number of halogens is 1. The highest BCUT2D eigenvalue weighted by Crippen LogP contribution is 2.27. The predicted molar refractivity (Wildman–Crippen MR) is 59.8 cm³/mol. The Balaban J connectivity index is 0.000000980. The first kappa shape index (κ1) is 11.5. The molecular formula is C11H16ClNO. The van der Waals surface area contributed by atoms with Crippen molar-refractivity contribution in [2.24, 2.45) is 5.92 Å². The molecule has 1 heterocycles. The molecule has 3 heteroatoms. The molecule has 1 aromatic carbocycles. The summed E-state index contributed by atoms with van der Waals surface area (Å²) < 4.78 is 5.50. The van der Waals surface area contributed by atoms with Gasteiger partial charge in [-0.1, -0.05) is 30.3 Å². The van der Waals surface area contributed by atoms with Gasteiger partial charge in [0.25, 0.3) is 0 Å². The molecule has 1 N–H and O–H groups in total. The van der Waals surface area contributed by atoms with E-state index in [9.17, 15) is 0 Å².